The van der Waals surface area contributed by atoms with Crippen LogP contribution in [-0.4, -0.2) is 54.7 Å². The van der Waals surface area contributed by atoms with Crippen molar-refractivity contribution in [1.29, 1.82) is 0 Å². The Labute approximate surface area is 144 Å². The molecule has 1 aromatic rings. The maximum absolute atomic E-state index is 12.3. The fourth-order valence-corrected chi connectivity index (χ4v) is 3.81. The Morgan fingerprint density at radius 2 is 1.79 bits per heavy atom. The zero-order chi connectivity index (χ0) is 16.9. The van der Waals surface area contributed by atoms with E-state index in [0.29, 0.717) is 24.3 Å². The molecule has 1 amide bonds. The standard InChI is InChI=1S/C19H29N3O2/c1-15-4-2-3-5-18(15)20-19(24)14-21-10-12-22(13-11-21)16-6-8-17(23)9-7-16/h6-9,15,18,23H,2-5,10-14H2,1H3,(H,20,24)/t15-,18-/m0/s1. The first kappa shape index (κ1) is 17.1. The van der Waals surface area contributed by atoms with E-state index in [4.69, 9.17) is 0 Å². The smallest absolute Gasteiger partial charge is 0.234 e. The Morgan fingerprint density at radius 1 is 1.12 bits per heavy atom. The Kier molecular flexibility index (Phi) is 5.61. The number of hydrogen-bond acceptors (Lipinski definition) is 4. The van der Waals surface area contributed by atoms with Gasteiger partial charge in [-0.3, -0.25) is 9.69 Å². The number of nitrogens with zero attached hydrogens (tertiary/aromatic N) is 2. The summed E-state index contributed by atoms with van der Waals surface area (Å²) < 4.78 is 0. The van der Waals surface area contributed by atoms with Crippen LogP contribution in [0.4, 0.5) is 5.69 Å². The second kappa shape index (κ2) is 7.88. The van der Waals surface area contributed by atoms with Crippen LogP contribution in [0.1, 0.15) is 32.6 Å². The summed E-state index contributed by atoms with van der Waals surface area (Å²) in [7, 11) is 0. The van der Waals surface area contributed by atoms with Crippen molar-refractivity contribution in [3.05, 3.63) is 24.3 Å². The lowest BCUT2D eigenvalue weighted by atomic mass is 9.86. The third kappa shape index (κ3) is 4.41. The first-order valence-corrected chi connectivity index (χ1v) is 9.17. The van der Waals surface area contributed by atoms with E-state index in [2.05, 4.69) is 22.0 Å². The zero-order valence-corrected chi connectivity index (χ0v) is 14.6. The lowest BCUT2D eigenvalue weighted by Gasteiger charge is -2.36. The zero-order valence-electron chi connectivity index (χ0n) is 14.6. The van der Waals surface area contributed by atoms with Crippen molar-refractivity contribution in [2.75, 3.05) is 37.6 Å². The molecule has 1 heterocycles. The summed E-state index contributed by atoms with van der Waals surface area (Å²) in [5, 5.41) is 12.6. The van der Waals surface area contributed by atoms with E-state index in [-0.39, 0.29) is 5.91 Å². The van der Waals surface area contributed by atoms with Crippen molar-refractivity contribution in [2.24, 2.45) is 5.92 Å². The number of carbonyl (C=O) groups excluding carboxylic acids is 1. The summed E-state index contributed by atoms with van der Waals surface area (Å²) in [6.07, 6.45) is 4.89. The molecular formula is C19H29N3O2. The SMILES string of the molecule is C[C@H]1CCCC[C@@H]1NC(=O)CN1CCN(c2ccc(O)cc2)CC1. The summed E-state index contributed by atoms with van der Waals surface area (Å²) in [4.78, 5) is 16.9. The Bertz CT molecular complexity index is 538. The minimum absolute atomic E-state index is 0.173. The van der Waals surface area contributed by atoms with Gasteiger partial charge in [-0.2, -0.15) is 0 Å². The van der Waals surface area contributed by atoms with Gasteiger partial charge in [-0.05, 0) is 43.0 Å². The number of amides is 1. The number of phenolic OH excluding ortho intramolecular Hbond substituents is 1. The third-order valence-corrected chi connectivity index (χ3v) is 5.41. The number of piperazine rings is 1. The van der Waals surface area contributed by atoms with Gasteiger partial charge in [0.1, 0.15) is 5.75 Å². The summed E-state index contributed by atoms with van der Waals surface area (Å²) in [6, 6.07) is 7.70. The number of rotatable bonds is 4. The van der Waals surface area contributed by atoms with Crippen molar-refractivity contribution >= 4 is 11.6 Å². The maximum Gasteiger partial charge on any atom is 0.234 e. The molecule has 5 nitrogen and oxygen atoms in total. The van der Waals surface area contributed by atoms with Crippen LogP contribution >= 0.6 is 0 Å². The highest BCUT2D eigenvalue weighted by atomic mass is 16.3. The second-order valence-electron chi connectivity index (χ2n) is 7.22. The topological polar surface area (TPSA) is 55.8 Å². The highest BCUT2D eigenvalue weighted by Gasteiger charge is 2.24. The molecule has 24 heavy (non-hydrogen) atoms. The van der Waals surface area contributed by atoms with Crippen LogP contribution in [-0.2, 0) is 4.79 Å². The molecule has 132 valence electrons. The number of hydrogen-bond donors (Lipinski definition) is 2. The Morgan fingerprint density at radius 3 is 2.46 bits per heavy atom. The molecule has 5 heteroatoms. The summed E-state index contributed by atoms with van der Waals surface area (Å²) in [5.74, 6) is 1.08. The average molecular weight is 331 g/mol. The first-order valence-electron chi connectivity index (χ1n) is 9.17. The van der Waals surface area contributed by atoms with Crippen LogP contribution in [0.3, 0.4) is 0 Å². The van der Waals surface area contributed by atoms with E-state index in [1.165, 1.54) is 19.3 Å². The molecule has 0 spiro atoms. The first-order chi connectivity index (χ1) is 11.6. The van der Waals surface area contributed by atoms with Gasteiger partial charge < -0.3 is 15.3 Å². The molecular weight excluding hydrogens is 302 g/mol. The van der Waals surface area contributed by atoms with Gasteiger partial charge in [0.05, 0.1) is 6.54 Å². The number of carbonyl (C=O) groups is 1. The molecule has 0 radical (unpaired) electrons. The van der Waals surface area contributed by atoms with Crippen LogP contribution < -0.4 is 10.2 Å². The van der Waals surface area contributed by atoms with E-state index in [1.54, 1.807) is 12.1 Å². The fraction of sp³-hybridized carbons (Fsp3) is 0.632. The second-order valence-corrected chi connectivity index (χ2v) is 7.22. The van der Waals surface area contributed by atoms with Gasteiger partial charge in [0, 0.05) is 37.9 Å². The quantitative estimate of drug-likeness (QED) is 0.888. The van der Waals surface area contributed by atoms with Crippen molar-refractivity contribution in [3.8, 4) is 5.75 Å². The molecule has 1 saturated heterocycles. The minimum atomic E-state index is 0.173. The normalized spacial score (nSPS) is 25.5. The summed E-state index contributed by atoms with van der Waals surface area (Å²) in [5.41, 5.74) is 1.13. The molecule has 0 aromatic heterocycles. The molecule has 3 rings (SSSR count). The third-order valence-electron chi connectivity index (χ3n) is 5.41. The number of anilines is 1. The predicted molar refractivity (Wildman–Crippen MR) is 96.3 cm³/mol. The highest BCUT2D eigenvalue weighted by molar-refractivity contribution is 5.78. The van der Waals surface area contributed by atoms with Crippen LogP contribution in [0.2, 0.25) is 0 Å². The summed E-state index contributed by atoms with van der Waals surface area (Å²) >= 11 is 0. The lowest BCUT2D eigenvalue weighted by Crippen LogP contribution is -2.51. The molecule has 2 aliphatic rings. The van der Waals surface area contributed by atoms with Gasteiger partial charge in [-0.25, -0.2) is 0 Å². The monoisotopic (exact) mass is 331 g/mol. The van der Waals surface area contributed by atoms with Gasteiger partial charge in [0.25, 0.3) is 0 Å². The van der Waals surface area contributed by atoms with Gasteiger partial charge in [0.15, 0.2) is 0 Å². The molecule has 0 bridgehead atoms. The highest BCUT2D eigenvalue weighted by Crippen LogP contribution is 2.24. The maximum atomic E-state index is 12.3. The van der Waals surface area contributed by atoms with Crippen LogP contribution in [0.15, 0.2) is 24.3 Å². The molecule has 1 aromatic carbocycles. The average Bonchev–Trinajstić information content (AvgIpc) is 2.58. The van der Waals surface area contributed by atoms with E-state index >= 15 is 0 Å². The molecule has 1 aliphatic carbocycles. The van der Waals surface area contributed by atoms with Gasteiger partial charge in [0.2, 0.25) is 5.91 Å². The van der Waals surface area contributed by atoms with Gasteiger partial charge in [-0.1, -0.05) is 19.8 Å². The number of nitrogens with one attached hydrogen (secondary N) is 1. The molecule has 2 N–H and O–H groups in total. The van der Waals surface area contributed by atoms with Gasteiger partial charge >= 0.3 is 0 Å². The molecule has 1 aliphatic heterocycles. The Hall–Kier alpha value is -1.75. The lowest BCUT2D eigenvalue weighted by molar-refractivity contribution is -0.123. The molecule has 2 fully saturated rings. The Balaban J connectivity index is 1.43. The summed E-state index contributed by atoms with van der Waals surface area (Å²) in [6.45, 7) is 6.38. The van der Waals surface area contributed by atoms with E-state index in [1.807, 2.05) is 12.1 Å². The number of aromatic hydroxyl groups is 1. The number of phenols is 1. The minimum Gasteiger partial charge on any atom is -0.508 e. The molecule has 1 saturated carbocycles. The largest absolute Gasteiger partial charge is 0.508 e. The van der Waals surface area contributed by atoms with E-state index < -0.39 is 0 Å². The predicted octanol–water partition coefficient (Wildman–Crippen LogP) is 2.21. The van der Waals surface area contributed by atoms with Crippen LogP contribution in [0.5, 0.6) is 5.75 Å². The molecule has 0 unspecified atom stereocenters. The molecule has 2 atom stereocenters. The van der Waals surface area contributed by atoms with E-state index in [9.17, 15) is 9.90 Å². The van der Waals surface area contributed by atoms with Crippen molar-refractivity contribution < 1.29 is 9.90 Å². The van der Waals surface area contributed by atoms with E-state index in [0.717, 1.165) is 38.3 Å². The van der Waals surface area contributed by atoms with Crippen LogP contribution in [0, 0.1) is 5.92 Å². The fourth-order valence-electron chi connectivity index (χ4n) is 3.81. The van der Waals surface area contributed by atoms with Crippen molar-refractivity contribution in [3.63, 3.8) is 0 Å². The van der Waals surface area contributed by atoms with Crippen molar-refractivity contribution in [1.82, 2.24) is 10.2 Å². The van der Waals surface area contributed by atoms with Crippen LogP contribution in [0.25, 0.3) is 0 Å². The van der Waals surface area contributed by atoms with Crippen molar-refractivity contribution in [2.45, 2.75) is 38.6 Å². The number of benzene rings is 1. The van der Waals surface area contributed by atoms with Gasteiger partial charge in [-0.15, -0.1) is 0 Å².